The molecule has 0 aromatic rings. The number of aliphatic hydroxyl groups excluding tert-OH is 1. The average Bonchev–Trinajstić information content (AvgIpc) is 2.82. The van der Waals surface area contributed by atoms with Crippen molar-refractivity contribution in [3.63, 3.8) is 0 Å². The van der Waals surface area contributed by atoms with Crippen molar-refractivity contribution < 1.29 is 5.11 Å². The fraction of sp³-hybridized carbons (Fsp3) is 1.00. The van der Waals surface area contributed by atoms with Gasteiger partial charge in [-0.05, 0) is 37.1 Å². The van der Waals surface area contributed by atoms with Gasteiger partial charge in [0.1, 0.15) is 0 Å². The summed E-state index contributed by atoms with van der Waals surface area (Å²) in [5.41, 5.74) is 0.673. The molecule has 0 bridgehead atoms. The van der Waals surface area contributed by atoms with Gasteiger partial charge in [0.15, 0.2) is 0 Å². The van der Waals surface area contributed by atoms with E-state index < -0.39 is 0 Å². The van der Waals surface area contributed by atoms with Crippen molar-refractivity contribution in [1.29, 1.82) is 0 Å². The van der Waals surface area contributed by atoms with E-state index in [-0.39, 0.29) is 5.41 Å². The van der Waals surface area contributed by atoms with Crippen LogP contribution in [0.3, 0.4) is 0 Å². The van der Waals surface area contributed by atoms with Gasteiger partial charge in [-0.25, -0.2) is 0 Å². The van der Waals surface area contributed by atoms with Crippen molar-refractivity contribution in [2.24, 2.45) is 16.7 Å². The highest BCUT2D eigenvalue weighted by Crippen LogP contribution is 2.51. The first-order valence-corrected chi connectivity index (χ1v) is 6.31. The molecule has 0 heterocycles. The predicted octanol–water partition coefficient (Wildman–Crippen LogP) is 2.42. The Morgan fingerprint density at radius 1 is 1.33 bits per heavy atom. The van der Waals surface area contributed by atoms with Crippen LogP contribution in [0.1, 0.15) is 47.0 Å². The Morgan fingerprint density at radius 2 is 1.87 bits per heavy atom. The second-order valence-corrected chi connectivity index (χ2v) is 5.89. The summed E-state index contributed by atoms with van der Waals surface area (Å²) in [6.45, 7) is 11.4. The molecule has 0 amide bonds. The molecule has 1 atom stereocenters. The summed E-state index contributed by atoms with van der Waals surface area (Å²) in [6.07, 6.45) is 3.46. The van der Waals surface area contributed by atoms with E-state index in [0.717, 1.165) is 31.8 Å². The Balaban J connectivity index is 2.23. The first-order chi connectivity index (χ1) is 6.99. The number of rotatable bonds is 7. The van der Waals surface area contributed by atoms with Crippen LogP contribution in [0.25, 0.3) is 0 Å². The van der Waals surface area contributed by atoms with Crippen LogP contribution < -0.4 is 5.32 Å². The smallest absolute Gasteiger partial charge is 0.0499 e. The van der Waals surface area contributed by atoms with Gasteiger partial charge in [-0.3, -0.25) is 0 Å². The second-order valence-electron chi connectivity index (χ2n) is 5.89. The number of hydrogen-bond acceptors (Lipinski definition) is 2. The molecular weight excluding hydrogens is 186 g/mol. The summed E-state index contributed by atoms with van der Waals surface area (Å²) >= 11 is 0. The van der Waals surface area contributed by atoms with Crippen LogP contribution in [0.5, 0.6) is 0 Å². The lowest BCUT2D eigenvalue weighted by molar-refractivity contribution is 0.113. The summed E-state index contributed by atoms with van der Waals surface area (Å²) in [5, 5.41) is 13.0. The van der Waals surface area contributed by atoms with Crippen molar-refractivity contribution in [2.75, 3.05) is 19.7 Å². The van der Waals surface area contributed by atoms with Crippen molar-refractivity contribution >= 4 is 0 Å². The van der Waals surface area contributed by atoms with E-state index in [1.165, 1.54) is 6.42 Å². The van der Waals surface area contributed by atoms with Gasteiger partial charge < -0.3 is 10.4 Å². The van der Waals surface area contributed by atoms with Crippen LogP contribution in [-0.2, 0) is 0 Å². The van der Waals surface area contributed by atoms with Crippen LogP contribution in [0.4, 0.5) is 0 Å². The molecule has 2 N–H and O–H groups in total. The largest absolute Gasteiger partial charge is 0.396 e. The van der Waals surface area contributed by atoms with E-state index in [9.17, 15) is 5.11 Å². The van der Waals surface area contributed by atoms with Gasteiger partial charge in [-0.1, -0.05) is 27.7 Å². The topological polar surface area (TPSA) is 32.3 Å². The molecule has 1 saturated carbocycles. The normalized spacial score (nSPS) is 24.2. The molecule has 1 rings (SSSR count). The van der Waals surface area contributed by atoms with Gasteiger partial charge in [0.25, 0.3) is 0 Å². The van der Waals surface area contributed by atoms with E-state index >= 15 is 0 Å². The zero-order chi connectivity index (χ0) is 11.5. The van der Waals surface area contributed by atoms with Crippen LogP contribution in [-0.4, -0.2) is 24.8 Å². The molecule has 2 heteroatoms. The molecule has 2 nitrogen and oxygen atoms in total. The molecule has 0 aromatic heterocycles. The summed E-state index contributed by atoms with van der Waals surface area (Å²) in [4.78, 5) is 0. The van der Waals surface area contributed by atoms with E-state index in [4.69, 9.17) is 0 Å². The van der Waals surface area contributed by atoms with Gasteiger partial charge in [0.2, 0.25) is 0 Å². The molecule has 90 valence electrons. The van der Waals surface area contributed by atoms with Crippen LogP contribution in [0.15, 0.2) is 0 Å². The van der Waals surface area contributed by atoms with Gasteiger partial charge in [-0.15, -0.1) is 0 Å². The molecule has 1 aliphatic carbocycles. The molecular formula is C13H27NO. The molecule has 0 saturated heterocycles. The summed E-state index contributed by atoms with van der Waals surface area (Å²) < 4.78 is 0. The number of hydrogen-bond donors (Lipinski definition) is 2. The Kier molecular flexibility index (Phi) is 4.19. The lowest BCUT2D eigenvalue weighted by Gasteiger charge is -2.29. The second kappa shape index (κ2) is 4.84. The zero-order valence-corrected chi connectivity index (χ0v) is 10.8. The van der Waals surface area contributed by atoms with E-state index in [0.29, 0.717) is 12.0 Å². The molecule has 0 aliphatic heterocycles. The van der Waals surface area contributed by atoms with Crippen molar-refractivity contribution in [2.45, 2.75) is 47.0 Å². The SMILES string of the molecule is CCC(CC)(CO)CNCC1CC1(C)C. The Bertz CT molecular complexity index is 188. The predicted molar refractivity (Wildman–Crippen MR) is 64.9 cm³/mol. The lowest BCUT2D eigenvalue weighted by atomic mass is 9.83. The molecule has 0 aromatic carbocycles. The number of aliphatic hydroxyl groups is 1. The Labute approximate surface area is 94.5 Å². The van der Waals surface area contributed by atoms with Gasteiger partial charge in [0, 0.05) is 18.6 Å². The monoisotopic (exact) mass is 213 g/mol. The highest BCUT2D eigenvalue weighted by molar-refractivity contribution is 4.96. The molecule has 0 spiro atoms. The first-order valence-electron chi connectivity index (χ1n) is 6.31. The minimum atomic E-state index is 0.110. The van der Waals surface area contributed by atoms with Crippen LogP contribution in [0.2, 0.25) is 0 Å². The van der Waals surface area contributed by atoms with Crippen LogP contribution in [0, 0.1) is 16.7 Å². The van der Waals surface area contributed by atoms with E-state index in [1.54, 1.807) is 0 Å². The maximum Gasteiger partial charge on any atom is 0.0499 e. The van der Waals surface area contributed by atoms with E-state index in [2.05, 4.69) is 33.0 Å². The summed E-state index contributed by atoms with van der Waals surface area (Å²) in [5.74, 6) is 0.850. The maximum absolute atomic E-state index is 9.42. The highest BCUT2D eigenvalue weighted by Gasteiger charge is 2.44. The number of nitrogens with one attached hydrogen (secondary N) is 1. The highest BCUT2D eigenvalue weighted by atomic mass is 16.3. The molecule has 1 unspecified atom stereocenters. The quantitative estimate of drug-likeness (QED) is 0.681. The van der Waals surface area contributed by atoms with Gasteiger partial charge in [0.05, 0.1) is 0 Å². The van der Waals surface area contributed by atoms with Crippen LogP contribution >= 0.6 is 0 Å². The Hall–Kier alpha value is -0.0800. The third kappa shape index (κ3) is 3.18. The minimum absolute atomic E-state index is 0.110. The first kappa shape index (κ1) is 13.0. The average molecular weight is 213 g/mol. The van der Waals surface area contributed by atoms with Crippen molar-refractivity contribution in [3.05, 3.63) is 0 Å². The summed E-state index contributed by atoms with van der Waals surface area (Å²) in [7, 11) is 0. The van der Waals surface area contributed by atoms with Crippen molar-refractivity contribution in [1.82, 2.24) is 5.32 Å². The van der Waals surface area contributed by atoms with Crippen molar-refractivity contribution in [3.8, 4) is 0 Å². The molecule has 0 radical (unpaired) electrons. The van der Waals surface area contributed by atoms with Gasteiger partial charge >= 0.3 is 0 Å². The zero-order valence-electron chi connectivity index (χ0n) is 10.8. The standard InChI is InChI=1S/C13H27NO/c1-5-13(6-2,10-15)9-14-8-11-7-12(11,3)4/h11,14-15H,5-10H2,1-4H3. The van der Waals surface area contributed by atoms with E-state index in [1.807, 2.05) is 0 Å². The third-order valence-electron chi connectivity index (χ3n) is 4.44. The molecule has 1 fully saturated rings. The maximum atomic E-state index is 9.42. The Morgan fingerprint density at radius 3 is 2.20 bits per heavy atom. The lowest BCUT2D eigenvalue weighted by Crippen LogP contribution is -2.37. The molecule has 1 aliphatic rings. The van der Waals surface area contributed by atoms with Gasteiger partial charge in [-0.2, -0.15) is 0 Å². The molecule has 15 heavy (non-hydrogen) atoms. The fourth-order valence-corrected chi connectivity index (χ4v) is 2.22. The fourth-order valence-electron chi connectivity index (χ4n) is 2.22. The minimum Gasteiger partial charge on any atom is -0.396 e. The third-order valence-corrected chi connectivity index (χ3v) is 4.44. The summed E-state index contributed by atoms with van der Waals surface area (Å²) in [6, 6.07) is 0.